The molecule has 0 aromatic heterocycles. The van der Waals surface area contributed by atoms with Crippen LogP contribution in [0.2, 0.25) is 0 Å². The maximum atomic E-state index is 3.55. The highest BCUT2D eigenvalue weighted by molar-refractivity contribution is 5.53. The summed E-state index contributed by atoms with van der Waals surface area (Å²) in [5.74, 6) is 0.662. The van der Waals surface area contributed by atoms with Crippen molar-refractivity contribution in [2.24, 2.45) is 5.92 Å². The Morgan fingerprint density at radius 1 is 1.15 bits per heavy atom. The monoisotopic (exact) mass is 266 g/mol. The third-order valence-electron chi connectivity index (χ3n) is 4.08. The smallest absolute Gasteiger partial charge is 0.0372 e. The largest absolute Gasteiger partial charge is 0.384 e. The first-order valence-corrected chi connectivity index (χ1v) is 7.32. The molecule has 2 nitrogen and oxygen atoms in total. The van der Waals surface area contributed by atoms with Crippen LogP contribution < -0.4 is 10.2 Å². The van der Waals surface area contributed by atoms with Crippen molar-refractivity contribution in [3.63, 3.8) is 0 Å². The van der Waals surface area contributed by atoms with Crippen LogP contribution in [0.5, 0.6) is 0 Å². The Labute approximate surface area is 121 Å². The first kappa shape index (κ1) is 13.0. The molecule has 1 aliphatic rings. The van der Waals surface area contributed by atoms with Crippen molar-refractivity contribution in [1.29, 1.82) is 0 Å². The van der Waals surface area contributed by atoms with E-state index in [4.69, 9.17) is 0 Å². The van der Waals surface area contributed by atoms with Gasteiger partial charge in [0.05, 0.1) is 0 Å². The number of rotatable bonds is 3. The molecule has 1 unspecified atom stereocenters. The van der Waals surface area contributed by atoms with Crippen molar-refractivity contribution < 1.29 is 0 Å². The van der Waals surface area contributed by atoms with E-state index in [1.807, 2.05) is 0 Å². The summed E-state index contributed by atoms with van der Waals surface area (Å²) in [6.45, 7) is 4.30. The Bertz CT molecular complexity index is 591. The van der Waals surface area contributed by atoms with Gasteiger partial charge in [-0.25, -0.2) is 0 Å². The van der Waals surface area contributed by atoms with E-state index in [0.717, 1.165) is 13.1 Å². The lowest BCUT2D eigenvalue weighted by Gasteiger charge is -2.30. The van der Waals surface area contributed by atoms with Gasteiger partial charge in [0.25, 0.3) is 0 Å². The molecule has 2 aromatic carbocycles. The second-order valence-electron chi connectivity index (χ2n) is 5.83. The van der Waals surface area contributed by atoms with Crippen LogP contribution in [-0.2, 0) is 6.42 Å². The molecule has 1 atom stereocenters. The van der Waals surface area contributed by atoms with Gasteiger partial charge in [0.1, 0.15) is 0 Å². The van der Waals surface area contributed by atoms with Crippen LogP contribution in [0.3, 0.4) is 0 Å². The number of nitrogens with zero attached hydrogens (tertiary/aromatic N) is 1. The quantitative estimate of drug-likeness (QED) is 0.911. The number of nitrogens with one attached hydrogen (secondary N) is 1. The Kier molecular flexibility index (Phi) is 3.64. The Morgan fingerprint density at radius 2 is 2.00 bits per heavy atom. The normalized spacial score (nSPS) is 17.2. The summed E-state index contributed by atoms with van der Waals surface area (Å²) >= 11 is 0. The molecule has 0 saturated heterocycles. The molecule has 0 spiro atoms. The van der Waals surface area contributed by atoms with Gasteiger partial charge in [-0.3, -0.25) is 0 Å². The van der Waals surface area contributed by atoms with Crippen molar-refractivity contribution >= 4 is 11.4 Å². The molecular weight excluding hydrogens is 244 g/mol. The summed E-state index contributed by atoms with van der Waals surface area (Å²) in [7, 11) is 2.19. The van der Waals surface area contributed by atoms with E-state index in [0.29, 0.717) is 5.92 Å². The van der Waals surface area contributed by atoms with Crippen molar-refractivity contribution in [2.75, 3.05) is 30.4 Å². The van der Waals surface area contributed by atoms with Crippen LogP contribution in [0.4, 0.5) is 11.4 Å². The SMILES string of the molecule is Cc1cccc(N(C)CC2CNc3ccccc3C2)c1. The van der Waals surface area contributed by atoms with E-state index in [1.54, 1.807) is 0 Å². The molecule has 0 bridgehead atoms. The lowest BCUT2D eigenvalue weighted by molar-refractivity contribution is 0.536. The number of hydrogen-bond acceptors (Lipinski definition) is 2. The molecule has 0 radical (unpaired) electrons. The van der Waals surface area contributed by atoms with Crippen LogP contribution in [0.15, 0.2) is 48.5 Å². The van der Waals surface area contributed by atoms with E-state index < -0.39 is 0 Å². The van der Waals surface area contributed by atoms with Crippen molar-refractivity contribution in [3.8, 4) is 0 Å². The zero-order valence-corrected chi connectivity index (χ0v) is 12.3. The average molecular weight is 266 g/mol. The molecule has 0 saturated carbocycles. The molecule has 0 aliphatic carbocycles. The molecule has 2 heteroatoms. The van der Waals surface area contributed by atoms with Gasteiger partial charge in [-0.15, -0.1) is 0 Å². The minimum atomic E-state index is 0.662. The Hall–Kier alpha value is -1.96. The van der Waals surface area contributed by atoms with Crippen molar-refractivity contribution in [1.82, 2.24) is 0 Å². The topological polar surface area (TPSA) is 15.3 Å². The van der Waals surface area contributed by atoms with Gasteiger partial charge in [0, 0.05) is 31.5 Å². The van der Waals surface area contributed by atoms with Gasteiger partial charge in [-0.2, -0.15) is 0 Å². The number of aryl methyl sites for hydroxylation is 1. The summed E-state index contributed by atoms with van der Waals surface area (Å²) in [5, 5.41) is 3.55. The van der Waals surface area contributed by atoms with Crippen molar-refractivity contribution in [2.45, 2.75) is 13.3 Å². The number of para-hydroxylation sites is 1. The van der Waals surface area contributed by atoms with E-state index in [1.165, 1.54) is 28.9 Å². The van der Waals surface area contributed by atoms with Gasteiger partial charge in [-0.05, 0) is 48.6 Å². The maximum absolute atomic E-state index is 3.55. The molecule has 1 N–H and O–H groups in total. The summed E-state index contributed by atoms with van der Waals surface area (Å²) < 4.78 is 0. The first-order valence-electron chi connectivity index (χ1n) is 7.32. The first-order chi connectivity index (χ1) is 9.72. The van der Waals surface area contributed by atoms with E-state index in [-0.39, 0.29) is 0 Å². The molecule has 2 aromatic rings. The second kappa shape index (κ2) is 5.58. The number of benzene rings is 2. The highest BCUT2D eigenvalue weighted by atomic mass is 15.1. The summed E-state index contributed by atoms with van der Waals surface area (Å²) in [4.78, 5) is 2.37. The zero-order chi connectivity index (χ0) is 13.9. The maximum Gasteiger partial charge on any atom is 0.0372 e. The Balaban J connectivity index is 1.67. The molecule has 1 heterocycles. The fourth-order valence-corrected chi connectivity index (χ4v) is 3.00. The third kappa shape index (κ3) is 2.79. The summed E-state index contributed by atoms with van der Waals surface area (Å²) in [6, 6.07) is 17.4. The minimum Gasteiger partial charge on any atom is -0.384 e. The van der Waals surface area contributed by atoms with Gasteiger partial charge in [0.15, 0.2) is 0 Å². The van der Waals surface area contributed by atoms with E-state index in [9.17, 15) is 0 Å². The standard InChI is InChI=1S/C18H22N2/c1-14-6-5-8-17(10-14)20(2)13-15-11-16-7-3-4-9-18(16)19-12-15/h3-10,15,19H,11-13H2,1-2H3. The molecule has 0 amide bonds. The van der Waals surface area contributed by atoms with Crippen LogP contribution in [0.25, 0.3) is 0 Å². The van der Waals surface area contributed by atoms with Gasteiger partial charge in [-0.1, -0.05) is 30.3 Å². The highest BCUT2D eigenvalue weighted by Gasteiger charge is 2.19. The lowest BCUT2D eigenvalue weighted by atomic mass is 9.93. The van der Waals surface area contributed by atoms with Crippen LogP contribution >= 0.6 is 0 Å². The van der Waals surface area contributed by atoms with E-state index in [2.05, 4.69) is 72.7 Å². The summed E-state index contributed by atoms with van der Waals surface area (Å²) in [5.41, 5.74) is 5.38. The average Bonchev–Trinajstić information content (AvgIpc) is 2.47. The van der Waals surface area contributed by atoms with Crippen molar-refractivity contribution in [3.05, 3.63) is 59.7 Å². The fourth-order valence-electron chi connectivity index (χ4n) is 3.00. The second-order valence-corrected chi connectivity index (χ2v) is 5.83. The predicted molar refractivity (Wildman–Crippen MR) is 86.6 cm³/mol. The van der Waals surface area contributed by atoms with Crippen LogP contribution in [0.1, 0.15) is 11.1 Å². The molecule has 20 heavy (non-hydrogen) atoms. The Morgan fingerprint density at radius 3 is 2.85 bits per heavy atom. The highest BCUT2D eigenvalue weighted by Crippen LogP contribution is 2.25. The molecule has 0 fully saturated rings. The fraction of sp³-hybridized carbons (Fsp3) is 0.333. The molecule has 104 valence electrons. The predicted octanol–water partition coefficient (Wildman–Crippen LogP) is 3.72. The van der Waals surface area contributed by atoms with Gasteiger partial charge < -0.3 is 10.2 Å². The lowest BCUT2D eigenvalue weighted by Crippen LogP contribution is -2.33. The number of fused-ring (bicyclic) bond motifs is 1. The van der Waals surface area contributed by atoms with Gasteiger partial charge in [0.2, 0.25) is 0 Å². The molecule has 3 rings (SSSR count). The number of anilines is 2. The minimum absolute atomic E-state index is 0.662. The summed E-state index contributed by atoms with van der Waals surface area (Å²) in [6.07, 6.45) is 1.17. The molecule has 1 aliphatic heterocycles. The van der Waals surface area contributed by atoms with Crippen LogP contribution in [0, 0.1) is 12.8 Å². The van der Waals surface area contributed by atoms with Crippen LogP contribution in [-0.4, -0.2) is 20.1 Å². The third-order valence-corrected chi connectivity index (χ3v) is 4.08. The van der Waals surface area contributed by atoms with E-state index >= 15 is 0 Å². The zero-order valence-electron chi connectivity index (χ0n) is 12.3. The molecular formula is C18H22N2. The number of hydrogen-bond donors (Lipinski definition) is 1. The van der Waals surface area contributed by atoms with Gasteiger partial charge >= 0.3 is 0 Å².